The number of benzene rings is 1. The molecule has 0 saturated carbocycles. The third kappa shape index (κ3) is 2.96. The van der Waals surface area contributed by atoms with Crippen LogP contribution in [0.15, 0.2) is 18.2 Å². The van der Waals surface area contributed by atoms with Crippen LogP contribution in [0.1, 0.15) is 23.7 Å². The van der Waals surface area contributed by atoms with E-state index >= 15 is 0 Å². The van der Waals surface area contributed by atoms with Gasteiger partial charge >= 0.3 is 5.97 Å². The third-order valence-electron chi connectivity index (χ3n) is 3.21. The maximum absolute atomic E-state index is 11.0. The van der Waals surface area contributed by atoms with Gasteiger partial charge in [0, 0.05) is 26.1 Å². The molecule has 1 fully saturated rings. The molecule has 1 amide bonds. The van der Waals surface area contributed by atoms with Crippen LogP contribution in [0.2, 0.25) is 0 Å². The molecule has 1 atom stereocenters. The minimum atomic E-state index is -0.973. The summed E-state index contributed by atoms with van der Waals surface area (Å²) in [5.74, 6) is -1.03. The van der Waals surface area contributed by atoms with Crippen molar-refractivity contribution in [2.75, 3.05) is 23.7 Å². The normalized spacial score (nSPS) is 18.4. The number of aromatic carboxylic acids is 1. The number of nitrogens with two attached hydrogens (primary N) is 1. The lowest BCUT2D eigenvalue weighted by Crippen LogP contribution is -2.35. The van der Waals surface area contributed by atoms with Gasteiger partial charge in [0.25, 0.3) is 0 Å². The zero-order chi connectivity index (χ0) is 14.0. The average Bonchev–Trinajstić information content (AvgIpc) is 2.76. The number of anilines is 2. The number of rotatable bonds is 3. The fraction of sp³-hybridized carbons (Fsp3) is 0.385. The van der Waals surface area contributed by atoms with E-state index in [4.69, 9.17) is 10.8 Å². The van der Waals surface area contributed by atoms with Gasteiger partial charge in [0.15, 0.2) is 0 Å². The Labute approximate surface area is 111 Å². The molecule has 1 heterocycles. The monoisotopic (exact) mass is 263 g/mol. The van der Waals surface area contributed by atoms with Gasteiger partial charge in [-0.25, -0.2) is 4.79 Å². The van der Waals surface area contributed by atoms with E-state index < -0.39 is 5.97 Å². The van der Waals surface area contributed by atoms with Crippen molar-refractivity contribution in [1.29, 1.82) is 0 Å². The quantitative estimate of drug-likeness (QED) is 0.697. The molecule has 0 aromatic heterocycles. The van der Waals surface area contributed by atoms with E-state index in [2.05, 4.69) is 5.32 Å². The first-order valence-corrected chi connectivity index (χ1v) is 6.12. The van der Waals surface area contributed by atoms with E-state index in [1.165, 1.54) is 13.0 Å². The van der Waals surface area contributed by atoms with Gasteiger partial charge in [-0.15, -0.1) is 0 Å². The molecule has 0 radical (unpaired) electrons. The van der Waals surface area contributed by atoms with Gasteiger partial charge in [-0.1, -0.05) is 0 Å². The van der Waals surface area contributed by atoms with Gasteiger partial charge < -0.3 is 21.1 Å². The maximum Gasteiger partial charge on any atom is 0.335 e. The molecule has 0 spiro atoms. The van der Waals surface area contributed by atoms with E-state index in [1.807, 2.05) is 4.90 Å². The molecule has 2 rings (SSSR count). The molecule has 1 aromatic carbocycles. The first kappa shape index (κ1) is 13.2. The molecule has 1 aromatic rings. The molecule has 0 bridgehead atoms. The van der Waals surface area contributed by atoms with Gasteiger partial charge in [0.1, 0.15) is 0 Å². The highest BCUT2D eigenvalue weighted by molar-refractivity contribution is 5.90. The number of hydrogen-bond acceptors (Lipinski definition) is 4. The third-order valence-corrected chi connectivity index (χ3v) is 3.21. The van der Waals surface area contributed by atoms with Crippen LogP contribution in [0.5, 0.6) is 0 Å². The number of nitrogens with zero attached hydrogens (tertiary/aromatic N) is 1. The second-order valence-corrected chi connectivity index (χ2v) is 4.71. The Hall–Kier alpha value is -2.24. The predicted molar refractivity (Wildman–Crippen MR) is 72.2 cm³/mol. The van der Waals surface area contributed by atoms with E-state index in [9.17, 15) is 9.59 Å². The fourth-order valence-electron chi connectivity index (χ4n) is 2.33. The number of carboxylic acids is 1. The lowest BCUT2D eigenvalue weighted by atomic mass is 10.1. The molecule has 6 nitrogen and oxygen atoms in total. The number of amides is 1. The van der Waals surface area contributed by atoms with Crippen LogP contribution < -0.4 is 16.0 Å². The van der Waals surface area contributed by atoms with Crippen LogP contribution in [-0.2, 0) is 4.79 Å². The van der Waals surface area contributed by atoms with E-state index in [0.29, 0.717) is 17.9 Å². The summed E-state index contributed by atoms with van der Waals surface area (Å²) in [6, 6.07) is 4.76. The van der Waals surface area contributed by atoms with Gasteiger partial charge in [-0.3, -0.25) is 4.79 Å². The minimum absolute atomic E-state index is 0.0564. The number of carbonyl (C=O) groups is 2. The molecular formula is C13H17N3O3. The Morgan fingerprint density at radius 2 is 2.21 bits per heavy atom. The highest BCUT2D eigenvalue weighted by Gasteiger charge is 2.24. The molecule has 102 valence electrons. The Balaban J connectivity index is 2.16. The van der Waals surface area contributed by atoms with Gasteiger partial charge in [0.2, 0.25) is 5.91 Å². The Bertz CT molecular complexity index is 516. The van der Waals surface area contributed by atoms with Crippen LogP contribution in [0.25, 0.3) is 0 Å². The summed E-state index contributed by atoms with van der Waals surface area (Å²) in [5, 5.41) is 11.9. The number of carboxylic acid groups (broad SMARTS) is 1. The Morgan fingerprint density at radius 3 is 2.84 bits per heavy atom. The van der Waals surface area contributed by atoms with Gasteiger partial charge in [-0.05, 0) is 24.6 Å². The van der Waals surface area contributed by atoms with Crippen LogP contribution >= 0.6 is 0 Å². The van der Waals surface area contributed by atoms with Crippen molar-refractivity contribution in [2.24, 2.45) is 0 Å². The second kappa shape index (κ2) is 5.17. The zero-order valence-corrected chi connectivity index (χ0v) is 10.7. The molecule has 1 unspecified atom stereocenters. The van der Waals surface area contributed by atoms with Crippen molar-refractivity contribution < 1.29 is 14.7 Å². The van der Waals surface area contributed by atoms with Crippen molar-refractivity contribution in [3.05, 3.63) is 23.8 Å². The number of carbonyl (C=O) groups excluding carboxylic acids is 1. The summed E-state index contributed by atoms with van der Waals surface area (Å²) in [6.45, 7) is 2.88. The summed E-state index contributed by atoms with van der Waals surface area (Å²) in [7, 11) is 0. The van der Waals surface area contributed by atoms with Crippen LogP contribution in [0.4, 0.5) is 11.4 Å². The van der Waals surface area contributed by atoms with E-state index in [1.54, 1.807) is 12.1 Å². The fourth-order valence-corrected chi connectivity index (χ4v) is 2.33. The van der Waals surface area contributed by atoms with Crippen molar-refractivity contribution in [2.45, 2.75) is 19.4 Å². The SMILES string of the molecule is CC(=O)NC1CCN(c2cc(C(=O)O)ccc2N)C1. The second-order valence-electron chi connectivity index (χ2n) is 4.71. The highest BCUT2D eigenvalue weighted by atomic mass is 16.4. The molecular weight excluding hydrogens is 246 g/mol. The first-order valence-electron chi connectivity index (χ1n) is 6.12. The zero-order valence-electron chi connectivity index (χ0n) is 10.7. The lowest BCUT2D eigenvalue weighted by Gasteiger charge is -2.21. The summed E-state index contributed by atoms with van der Waals surface area (Å²) < 4.78 is 0. The first-order chi connectivity index (χ1) is 8.97. The largest absolute Gasteiger partial charge is 0.478 e. The summed E-state index contributed by atoms with van der Waals surface area (Å²) in [4.78, 5) is 24.0. The highest BCUT2D eigenvalue weighted by Crippen LogP contribution is 2.28. The number of nitrogen functional groups attached to an aromatic ring is 1. The molecule has 4 N–H and O–H groups in total. The molecule has 1 aliphatic rings. The van der Waals surface area contributed by atoms with Crippen LogP contribution in [-0.4, -0.2) is 36.1 Å². The number of nitrogens with one attached hydrogen (secondary N) is 1. The average molecular weight is 263 g/mol. The minimum Gasteiger partial charge on any atom is -0.478 e. The molecule has 6 heteroatoms. The molecule has 1 saturated heterocycles. The predicted octanol–water partition coefficient (Wildman–Crippen LogP) is 0.682. The number of hydrogen-bond donors (Lipinski definition) is 3. The topological polar surface area (TPSA) is 95.7 Å². The Kier molecular flexibility index (Phi) is 3.59. The van der Waals surface area contributed by atoms with Crippen molar-refractivity contribution in [3.8, 4) is 0 Å². The lowest BCUT2D eigenvalue weighted by molar-refractivity contribution is -0.119. The van der Waals surface area contributed by atoms with Crippen molar-refractivity contribution in [1.82, 2.24) is 5.32 Å². The smallest absolute Gasteiger partial charge is 0.335 e. The Morgan fingerprint density at radius 1 is 1.47 bits per heavy atom. The van der Waals surface area contributed by atoms with Crippen molar-refractivity contribution in [3.63, 3.8) is 0 Å². The molecule has 0 aliphatic carbocycles. The van der Waals surface area contributed by atoms with Gasteiger partial charge in [0.05, 0.1) is 16.9 Å². The van der Waals surface area contributed by atoms with E-state index in [-0.39, 0.29) is 17.5 Å². The molecule has 19 heavy (non-hydrogen) atoms. The van der Waals surface area contributed by atoms with Crippen molar-refractivity contribution >= 4 is 23.3 Å². The van der Waals surface area contributed by atoms with E-state index in [0.717, 1.165) is 13.0 Å². The van der Waals surface area contributed by atoms with Gasteiger partial charge in [-0.2, -0.15) is 0 Å². The molecule has 1 aliphatic heterocycles. The maximum atomic E-state index is 11.0. The van der Waals surface area contributed by atoms with Crippen LogP contribution in [0.3, 0.4) is 0 Å². The van der Waals surface area contributed by atoms with Crippen LogP contribution in [0, 0.1) is 0 Å². The standard InChI is InChI=1S/C13H17N3O3/c1-8(17)15-10-4-5-16(7-10)12-6-9(13(18)19)2-3-11(12)14/h2-3,6,10H,4-5,7,14H2,1H3,(H,15,17)(H,18,19). The summed E-state index contributed by atoms with van der Waals surface area (Å²) >= 11 is 0. The summed E-state index contributed by atoms with van der Waals surface area (Å²) in [5.41, 5.74) is 7.37. The summed E-state index contributed by atoms with van der Waals surface area (Å²) in [6.07, 6.45) is 0.830.